The van der Waals surface area contributed by atoms with Crippen LogP contribution in [0.4, 0.5) is 0 Å². The van der Waals surface area contributed by atoms with Gasteiger partial charge in [0.2, 0.25) is 0 Å². The highest BCUT2D eigenvalue weighted by Gasteiger charge is 2.29. The molecule has 90 valence electrons. The van der Waals surface area contributed by atoms with Crippen molar-refractivity contribution in [2.75, 3.05) is 0 Å². The van der Waals surface area contributed by atoms with E-state index in [0.717, 1.165) is 0 Å². The highest BCUT2D eigenvalue weighted by molar-refractivity contribution is 5.91. The Bertz CT molecular complexity index is 269. The van der Waals surface area contributed by atoms with Gasteiger partial charge in [-0.3, -0.25) is 9.59 Å². The van der Waals surface area contributed by atoms with Gasteiger partial charge in [-0.1, -0.05) is 12.2 Å². The molecule has 4 N–H and O–H groups in total. The molecule has 2 amide bonds. The lowest BCUT2D eigenvalue weighted by molar-refractivity contribution is -0.144. The number of amides is 2. The third-order valence-corrected chi connectivity index (χ3v) is 1.62. The van der Waals surface area contributed by atoms with Crippen LogP contribution >= 0.6 is 0 Å². The second-order valence-corrected chi connectivity index (χ2v) is 2.91. The summed E-state index contributed by atoms with van der Waals surface area (Å²) in [5.74, 6) is -1.69. The molecule has 0 aromatic carbocycles. The van der Waals surface area contributed by atoms with Crippen LogP contribution in [0.3, 0.4) is 0 Å². The summed E-state index contributed by atoms with van der Waals surface area (Å²) < 4.78 is 0. The van der Waals surface area contributed by atoms with Crippen molar-refractivity contribution in [3.8, 4) is 0 Å². The molecule has 0 saturated carbocycles. The zero-order valence-electron chi connectivity index (χ0n) is 9.18. The Labute approximate surface area is 93.7 Å². The van der Waals surface area contributed by atoms with E-state index >= 15 is 0 Å². The van der Waals surface area contributed by atoms with Crippen LogP contribution < -0.4 is 10.6 Å². The number of carbonyl (C=O) groups excluding carboxylic acids is 2. The summed E-state index contributed by atoms with van der Waals surface area (Å²) in [4.78, 5) is 22.3. The predicted molar refractivity (Wildman–Crippen MR) is 57.9 cm³/mol. The monoisotopic (exact) mass is 228 g/mol. The first-order valence-electron chi connectivity index (χ1n) is 4.73. The molecule has 2 atom stereocenters. The molecule has 6 heteroatoms. The van der Waals surface area contributed by atoms with Gasteiger partial charge in [0, 0.05) is 0 Å². The molecule has 0 aromatic rings. The minimum Gasteiger partial charge on any atom is -0.380 e. The average molecular weight is 228 g/mol. The number of aliphatic hydroxyl groups is 2. The van der Waals surface area contributed by atoms with Crippen LogP contribution in [0.25, 0.3) is 0 Å². The van der Waals surface area contributed by atoms with Gasteiger partial charge < -0.3 is 20.8 Å². The van der Waals surface area contributed by atoms with Gasteiger partial charge in [0.25, 0.3) is 11.8 Å². The predicted octanol–water partition coefficient (Wildman–Crippen LogP) is -0.992. The number of rotatable bonds is 5. The first kappa shape index (κ1) is 14.3. The summed E-state index contributed by atoms with van der Waals surface area (Å²) >= 11 is 0. The Hall–Kier alpha value is -1.66. The third-order valence-electron chi connectivity index (χ3n) is 1.62. The minimum absolute atomic E-state index is 0.846. The molecule has 0 radical (unpaired) electrons. The second kappa shape index (κ2) is 7.61. The van der Waals surface area contributed by atoms with Gasteiger partial charge in [0.15, 0.2) is 12.2 Å². The molecular weight excluding hydrogens is 212 g/mol. The fourth-order valence-corrected chi connectivity index (χ4v) is 0.788. The molecule has 0 aromatic heterocycles. The Balaban J connectivity index is 4.30. The Morgan fingerprint density at radius 2 is 1.25 bits per heavy atom. The molecule has 16 heavy (non-hydrogen) atoms. The number of hydrogen-bond donors (Lipinski definition) is 4. The number of nitrogens with one attached hydrogen (secondary N) is 2. The lowest BCUT2D eigenvalue weighted by Crippen LogP contribution is -2.47. The van der Waals surface area contributed by atoms with Gasteiger partial charge in [-0.25, -0.2) is 0 Å². The van der Waals surface area contributed by atoms with Crippen molar-refractivity contribution < 1.29 is 19.8 Å². The maximum absolute atomic E-state index is 11.2. The van der Waals surface area contributed by atoms with Gasteiger partial charge in [0.1, 0.15) is 0 Å². The quantitative estimate of drug-likeness (QED) is 0.485. The van der Waals surface area contributed by atoms with Crippen molar-refractivity contribution in [2.24, 2.45) is 0 Å². The van der Waals surface area contributed by atoms with Crippen LogP contribution in [0.2, 0.25) is 0 Å². The fraction of sp³-hybridized carbons (Fsp3) is 0.400. The molecular formula is C10H16N2O4. The maximum Gasteiger partial charge on any atom is 0.256 e. The zero-order valence-corrected chi connectivity index (χ0v) is 9.18. The number of allylic oxidation sites excluding steroid dienone is 2. The van der Waals surface area contributed by atoms with E-state index in [1.54, 1.807) is 13.8 Å². The van der Waals surface area contributed by atoms with Crippen molar-refractivity contribution in [1.29, 1.82) is 0 Å². The maximum atomic E-state index is 11.2. The molecule has 0 spiro atoms. The normalized spacial score (nSPS) is 15.0. The van der Waals surface area contributed by atoms with E-state index in [9.17, 15) is 19.8 Å². The van der Waals surface area contributed by atoms with E-state index in [1.165, 1.54) is 24.6 Å². The molecule has 0 unspecified atom stereocenters. The second-order valence-electron chi connectivity index (χ2n) is 2.91. The van der Waals surface area contributed by atoms with Crippen LogP contribution in [0.15, 0.2) is 24.6 Å². The number of carbonyl (C=O) groups is 2. The largest absolute Gasteiger partial charge is 0.380 e. The first-order valence-corrected chi connectivity index (χ1v) is 4.73. The van der Waals surface area contributed by atoms with Crippen LogP contribution in [-0.2, 0) is 9.59 Å². The summed E-state index contributed by atoms with van der Waals surface area (Å²) in [6.07, 6.45) is 2.06. The van der Waals surface area contributed by atoms with Gasteiger partial charge in [-0.2, -0.15) is 0 Å². The molecule has 0 heterocycles. The number of hydrogen-bond acceptors (Lipinski definition) is 4. The number of aliphatic hydroxyl groups excluding tert-OH is 2. The minimum atomic E-state index is -1.80. The van der Waals surface area contributed by atoms with Crippen LogP contribution in [0.1, 0.15) is 13.8 Å². The average Bonchev–Trinajstić information content (AvgIpc) is 2.30. The molecule has 6 nitrogen and oxygen atoms in total. The molecule has 0 rings (SSSR count). The van der Waals surface area contributed by atoms with Crippen molar-refractivity contribution >= 4 is 11.8 Å². The van der Waals surface area contributed by atoms with Crippen LogP contribution in [0.5, 0.6) is 0 Å². The van der Waals surface area contributed by atoms with Crippen molar-refractivity contribution in [3.63, 3.8) is 0 Å². The van der Waals surface area contributed by atoms with Gasteiger partial charge in [-0.05, 0) is 26.2 Å². The van der Waals surface area contributed by atoms with Crippen LogP contribution in [0, 0.1) is 0 Å². The standard InChI is InChI=1S/C10H16N2O4/c1-3-5-11-9(15)7(13)8(14)10(16)12-6-4-2/h3-8,13-14H,1-2H3,(H,11,15)(H,12,16)/b5-3-,6-4-/t7-,8-/m0/s1. The SMILES string of the molecule is C/C=C\NC(=O)[C@@H](O)[C@H](O)C(=O)N/C=C\C. The molecule has 0 aliphatic heterocycles. The summed E-state index contributed by atoms with van der Waals surface area (Å²) in [5.41, 5.74) is 0. The lowest BCUT2D eigenvalue weighted by Gasteiger charge is -2.14. The summed E-state index contributed by atoms with van der Waals surface area (Å²) in [6.45, 7) is 3.34. The Morgan fingerprint density at radius 3 is 1.50 bits per heavy atom. The van der Waals surface area contributed by atoms with Crippen molar-refractivity contribution in [1.82, 2.24) is 10.6 Å². The molecule has 0 bridgehead atoms. The van der Waals surface area contributed by atoms with Gasteiger partial charge in [-0.15, -0.1) is 0 Å². The van der Waals surface area contributed by atoms with Gasteiger partial charge >= 0.3 is 0 Å². The topological polar surface area (TPSA) is 98.7 Å². The fourth-order valence-electron chi connectivity index (χ4n) is 0.788. The summed E-state index contributed by atoms with van der Waals surface area (Å²) in [7, 11) is 0. The highest BCUT2D eigenvalue weighted by Crippen LogP contribution is 1.94. The Kier molecular flexibility index (Phi) is 6.82. The summed E-state index contributed by atoms with van der Waals surface area (Å²) in [5, 5.41) is 23.0. The molecule has 0 aliphatic rings. The van der Waals surface area contributed by atoms with E-state index in [0.29, 0.717) is 0 Å². The van der Waals surface area contributed by atoms with Crippen LogP contribution in [-0.4, -0.2) is 34.2 Å². The zero-order chi connectivity index (χ0) is 12.6. The first-order chi connectivity index (χ1) is 7.54. The lowest BCUT2D eigenvalue weighted by atomic mass is 10.2. The smallest absolute Gasteiger partial charge is 0.256 e. The molecule has 0 saturated heterocycles. The Morgan fingerprint density at radius 1 is 0.938 bits per heavy atom. The van der Waals surface area contributed by atoms with E-state index in [4.69, 9.17) is 0 Å². The van der Waals surface area contributed by atoms with E-state index in [1.807, 2.05) is 0 Å². The van der Waals surface area contributed by atoms with E-state index < -0.39 is 24.0 Å². The molecule has 0 aliphatic carbocycles. The van der Waals surface area contributed by atoms with Gasteiger partial charge in [0.05, 0.1) is 0 Å². The molecule has 0 fully saturated rings. The third kappa shape index (κ3) is 4.72. The van der Waals surface area contributed by atoms with Crippen molar-refractivity contribution in [3.05, 3.63) is 24.6 Å². The van der Waals surface area contributed by atoms with Crippen molar-refractivity contribution in [2.45, 2.75) is 26.1 Å². The van der Waals surface area contributed by atoms with E-state index in [2.05, 4.69) is 10.6 Å². The summed E-state index contributed by atoms with van der Waals surface area (Å²) in [6, 6.07) is 0. The van der Waals surface area contributed by atoms with E-state index in [-0.39, 0.29) is 0 Å². The highest BCUT2D eigenvalue weighted by atomic mass is 16.3.